The number of hydrogen-bond acceptors (Lipinski definition) is 0. The van der Waals surface area contributed by atoms with E-state index in [4.69, 9.17) is 0 Å². The maximum atomic E-state index is 2.73. The fourth-order valence-corrected chi connectivity index (χ4v) is 17.4. The Labute approximate surface area is 442 Å². The van der Waals surface area contributed by atoms with Crippen molar-refractivity contribution in [2.24, 2.45) is 0 Å². The van der Waals surface area contributed by atoms with Crippen LogP contribution in [-0.2, 0) is 10.8 Å². The molecule has 0 heteroatoms. The highest BCUT2D eigenvalue weighted by Gasteiger charge is 2.67. The van der Waals surface area contributed by atoms with Crippen molar-refractivity contribution in [3.63, 3.8) is 0 Å². The first-order chi connectivity index (χ1) is 37.6. The first-order valence-corrected chi connectivity index (χ1v) is 28.2. The standard InChI is InChI=1S/C76H50/c1-3-5-31-75-59-39-47-25-13-11-23-45(47)37-57(59)69-63-51-29-17-15-27-49(51)61(63)65-53-33-41-19-7-9-21-43(41)35-55(53)67(71(65)73(69)75)68-56-36-44-22-10-8-20-42(44)34-54(56)66-62-50-28-16-18-30-52(50)64(62)70-58-38-46-24-12-14-26-48(46)40-60(58)76(75,32-6-4-2)74(70)72(66)68/h7-30,33-40H,3-6,31-32H2,1-2H3/b68-67-. The summed E-state index contributed by atoms with van der Waals surface area (Å²) in [6.07, 6.45) is 6.55. The van der Waals surface area contributed by atoms with E-state index in [0.717, 1.165) is 38.5 Å². The highest BCUT2D eigenvalue weighted by Crippen LogP contribution is 2.80. The molecule has 0 fully saturated rings. The van der Waals surface area contributed by atoms with E-state index in [0.29, 0.717) is 0 Å². The fraction of sp³-hybridized carbons (Fsp3) is 0.132. The van der Waals surface area contributed by atoms with Gasteiger partial charge in [0, 0.05) is 10.8 Å². The summed E-state index contributed by atoms with van der Waals surface area (Å²) >= 11 is 0. The van der Waals surface area contributed by atoms with Crippen LogP contribution in [0.15, 0.2) is 194 Å². The molecule has 0 spiro atoms. The third-order valence-corrected chi connectivity index (χ3v) is 20.2. The largest absolute Gasteiger partial charge is 0.0654 e. The van der Waals surface area contributed by atoms with Crippen molar-refractivity contribution in [3.05, 3.63) is 239 Å². The first kappa shape index (κ1) is 40.8. The number of hydrogen-bond donors (Lipinski definition) is 0. The van der Waals surface area contributed by atoms with Crippen LogP contribution in [0.1, 0.15) is 96.9 Å². The molecule has 7 aliphatic rings. The number of rotatable bonds is 6. The van der Waals surface area contributed by atoms with Crippen LogP contribution in [0.3, 0.4) is 0 Å². The van der Waals surface area contributed by atoms with Crippen LogP contribution in [0.5, 0.6) is 0 Å². The second-order valence-electron chi connectivity index (χ2n) is 23.3. The van der Waals surface area contributed by atoms with Gasteiger partial charge in [0.25, 0.3) is 0 Å². The molecule has 2 atom stereocenters. The summed E-state index contributed by atoms with van der Waals surface area (Å²) in [6, 6.07) is 77.0. The van der Waals surface area contributed by atoms with Gasteiger partial charge in [0.2, 0.25) is 0 Å². The maximum Gasteiger partial charge on any atom is 0.0359 e. The highest BCUT2D eigenvalue weighted by molar-refractivity contribution is 6.32. The van der Waals surface area contributed by atoms with Crippen LogP contribution >= 0.6 is 0 Å². The van der Waals surface area contributed by atoms with E-state index in [9.17, 15) is 0 Å². The van der Waals surface area contributed by atoms with Crippen molar-refractivity contribution >= 4 is 54.2 Å². The molecule has 0 amide bonds. The van der Waals surface area contributed by atoms with Gasteiger partial charge in [0.05, 0.1) is 0 Å². The average molecular weight is 963 g/mol. The number of unbranched alkanes of at least 4 members (excludes halogenated alkanes) is 2. The number of fused-ring (bicyclic) bond motifs is 29. The molecule has 0 N–H and O–H groups in total. The van der Waals surface area contributed by atoms with Gasteiger partial charge in [-0.25, -0.2) is 0 Å². The molecule has 0 nitrogen and oxygen atoms in total. The predicted molar refractivity (Wildman–Crippen MR) is 319 cm³/mol. The molecule has 19 rings (SSSR count). The Bertz CT molecular complexity index is 4530. The smallest absolute Gasteiger partial charge is 0.0359 e. The van der Waals surface area contributed by atoms with Crippen LogP contribution < -0.4 is 0 Å². The van der Waals surface area contributed by atoms with Crippen molar-refractivity contribution in [2.75, 3.05) is 0 Å². The summed E-state index contributed by atoms with van der Waals surface area (Å²) in [5, 5.41) is 10.5. The lowest BCUT2D eigenvalue weighted by Crippen LogP contribution is -2.50. The molecular weight excluding hydrogens is 913 g/mol. The normalized spacial score (nSPS) is 18.9. The van der Waals surface area contributed by atoms with Gasteiger partial charge >= 0.3 is 0 Å². The van der Waals surface area contributed by atoms with E-state index in [1.807, 2.05) is 0 Å². The van der Waals surface area contributed by atoms with Gasteiger partial charge < -0.3 is 0 Å². The molecule has 0 saturated heterocycles. The SMILES string of the molecule is CCCCC12c3cc4ccccc4cc3-c3c4c(c5c(c31)/C(=C1/c3cc6ccccc6cc3-c3c1c1c(c6c3-c3ccccc3-6)-c3cc6ccccc6cc3C12CCCC)c1cc2ccccc2cc1-5)-c1ccccc1-4. The van der Waals surface area contributed by atoms with Gasteiger partial charge in [-0.1, -0.05) is 185 Å². The van der Waals surface area contributed by atoms with E-state index < -0.39 is 10.8 Å². The van der Waals surface area contributed by atoms with E-state index in [-0.39, 0.29) is 0 Å². The van der Waals surface area contributed by atoms with Crippen LogP contribution in [0.4, 0.5) is 0 Å². The van der Waals surface area contributed by atoms with Gasteiger partial charge in [-0.05, 0) is 249 Å². The Hall–Kier alpha value is -8.58. The zero-order valence-electron chi connectivity index (χ0n) is 42.7. The van der Waals surface area contributed by atoms with Crippen LogP contribution in [-0.4, -0.2) is 0 Å². The zero-order chi connectivity index (χ0) is 49.5. The summed E-state index contributed by atoms with van der Waals surface area (Å²) in [5.41, 5.74) is 37.1. The lowest BCUT2D eigenvalue weighted by atomic mass is 9.48. The molecule has 0 radical (unpaired) electrons. The maximum absolute atomic E-state index is 2.73. The Kier molecular flexibility index (Phi) is 7.41. The highest BCUT2D eigenvalue weighted by atomic mass is 14.7. The van der Waals surface area contributed by atoms with Crippen LogP contribution in [0.25, 0.3) is 143 Å². The minimum absolute atomic E-state index is 0.456. The predicted octanol–water partition coefficient (Wildman–Crippen LogP) is 20.5. The lowest BCUT2D eigenvalue weighted by molar-refractivity contribution is 0.267. The lowest BCUT2D eigenvalue weighted by Gasteiger charge is -2.53. The molecule has 0 aliphatic heterocycles. The molecule has 7 aliphatic carbocycles. The van der Waals surface area contributed by atoms with Crippen molar-refractivity contribution < 1.29 is 0 Å². The van der Waals surface area contributed by atoms with Crippen molar-refractivity contribution in [3.8, 4) is 89.0 Å². The van der Waals surface area contributed by atoms with E-state index in [2.05, 4.69) is 208 Å². The van der Waals surface area contributed by atoms with E-state index in [1.165, 1.54) is 166 Å². The van der Waals surface area contributed by atoms with Crippen LogP contribution in [0, 0.1) is 0 Å². The Balaban J connectivity index is 1.15. The molecule has 0 heterocycles. The monoisotopic (exact) mass is 962 g/mol. The minimum Gasteiger partial charge on any atom is -0.0654 e. The third kappa shape index (κ3) is 4.40. The first-order valence-electron chi connectivity index (χ1n) is 28.2. The Morgan fingerprint density at radius 2 is 0.513 bits per heavy atom. The van der Waals surface area contributed by atoms with E-state index in [1.54, 1.807) is 22.3 Å². The van der Waals surface area contributed by atoms with Gasteiger partial charge in [0.1, 0.15) is 0 Å². The summed E-state index contributed by atoms with van der Waals surface area (Å²) in [6.45, 7) is 4.89. The van der Waals surface area contributed by atoms with Gasteiger partial charge in [-0.2, -0.15) is 0 Å². The molecule has 12 aromatic carbocycles. The summed E-state index contributed by atoms with van der Waals surface area (Å²) in [4.78, 5) is 0. The Morgan fingerprint density at radius 1 is 0.250 bits per heavy atom. The van der Waals surface area contributed by atoms with Crippen LogP contribution in [0.2, 0.25) is 0 Å². The third-order valence-electron chi connectivity index (χ3n) is 20.2. The zero-order valence-corrected chi connectivity index (χ0v) is 42.7. The van der Waals surface area contributed by atoms with Gasteiger partial charge in [-0.15, -0.1) is 0 Å². The fourth-order valence-electron chi connectivity index (χ4n) is 17.4. The average Bonchev–Trinajstić information content (AvgIpc) is 4.08. The molecule has 12 aromatic rings. The molecule has 0 saturated carbocycles. The molecule has 2 unspecified atom stereocenters. The molecule has 0 bridgehead atoms. The molecule has 354 valence electrons. The second-order valence-corrected chi connectivity index (χ2v) is 23.3. The summed E-state index contributed by atoms with van der Waals surface area (Å²) in [5.74, 6) is 0. The number of benzene rings is 12. The van der Waals surface area contributed by atoms with Crippen molar-refractivity contribution in [2.45, 2.75) is 63.2 Å². The second kappa shape index (κ2) is 13.8. The van der Waals surface area contributed by atoms with Crippen molar-refractivity contribution in [1.82, 2.24) is 0 Å². The molecular formula is C76H50. The van der Waals surface area contributed by atoms with Gasteiger partial charge in [0.15, 0.2) is 0 Å². The minimum atomic E-state index is -0.456. The quantitative estimate of drug-likeness (QED) is 0.156. The van der Waals surface area contributed by atoms with E-state index >= 15 is 0 Å². The Morgan fingerprint density at radius 3 is 0.842 bits per heavy atom. The topological polar surface area (TPSA) is 0 Å². The summed E-state index contributed by atoms with van der Waals surface area (Å²) < 4.78 is 0. The summed E-state index contributed by atoms with van der Waals surface area (Å²) in [7, 11) is 0. The molecule has 0 aromatic heterocycles. The van der Waals surface area contributed by atoms with Crippen molar-refractivity contribution in [1.29, 1.82) is 0 Å². The van der Waals surface area contributed by atoms with Gasteiger partial charge in [-0.3, -0.25) is 0 Å². The molecule has 76 heavy (non-hydrogen) atoms.